The van der Waals surface area contributed by atoms with Crippen LogP contribution >= 0.6 is 22.9 Å². The molecule has 0 fully saturated rings. The summed E-state index contributed by atoms with van der Waals surface area (Å²) in [5.41, 5.74) is 2.10. The van der Waals surface area contributed by atoms with Crippen LogP contribution in [0, 0.1) is 0 Å². The van der Waals surface area contributed by atoms with Crippen LogP contribution in [-0.4, -0.2) is 21.4 Å². The van der Waals surface area contributed by atoms with Gasteiger partial charge in [0.15, 0.2) is 0 Å². The van der Waals surface area contributed by atoms with Crippen LogP contribution in [0.15, 0.2) is 54.9 Å². The number of benzene rings is 1. The molecule has 22 heavy (non-hydrogen) atoms. The van der Waals surface area contributed by atoms with Gasteiger partial charge in [0, 0.05) is 29.7 Å². The molecule has 2 N–H and O–H groups in total. The summed E-state index contributed by atoms with van der Waals surface area (Å²) in [5, 5.41) is 17.6. The molecule has 0 saturated heterocycles. The van der Waals surface area contributed by atoms with E-state index in [2.05, 4.69) is 10.4 Å². The molecule has 1 atom stereocenters. The van der Waals surface area contributed by atoms with Crippen LogP contribution in [0.25, 0.3) is 5.69 Å². The fourth-order valence-electron chi connectivity index (χ4n) is 2.13. The van der Waals surface area contributed by atoms with Crippen LogP contribution in [0.1, 0.15) is 16.5 Å². The first-order chi connectivity index (χ1) is 10.7. The molecule has 2 aromatic heterocycles. The Labute approximate surface area is 138 Å². The Kier molecular flexibility index (Phi) is 4.90. The number of para-hydroxylation sites is 1. The minimum Gasteiger partial charge on any atom is -0.386 e. The predicted octanol–water partition coefficient (Wildman–Crippen LogP) is 3.41. The quantitative estimate of drug-likeness (QED) is 0.726. The summed E-state index contributed by atoms with van der Waals surface area (Å²) in [7, 11) is 0. The summed E-state index contributed by atoms with van der Waals surface area (Å²) in [6.07, 6.45) is 3.27. The monoisotopic (exact) mass is 333 g/mol. The third-order valence-corrected chi connectivity index (χ3v) is 4.58. The van der Waals surface area contributed by atoms with Crippen molar-refractivity contribution < 1.29 is 5.11 Å². The molecule has 3 rings (SSSR count). The molecule has 0 saturated carbocycles. The zero-order chi connectivity index (χ0) is 15.4. The fraction of sp³-hybridized carbons (Fsp3) is 0.188. The number of nitrogens with zero attached hydrogens (tertiary/aromatic N) is 2. The average molecular weight is 334 g/mol. The standard InChI is InChI=1S/C16H16ClN3OS/c17-16-7-6-15(22-16)14(21)10-18-8-12-9-19-20(11-12)13-4-2-1-3-5-13/h1-7,9,11,14,18,21H,8,10H2. The van der Waals surface area contributed by atoms with E-state index in [1.807, 2.05) is 53.5 Å². The number of aliphatic hydroxyl groups is 1. The highest BCUT2D eigenvalue weighted by Crippen LogP contribution is 2.26. The Morgan fingerprint density at radius 1 is 1.23 bits per heavy atom. The second kappa shape index (κ2) is 7.07. The van der Waals surface area contributed by atoms with E-state index in [1.54, 1.807) is 6.07 Å². The molecular formula is C16H16ClN3OS. The molecular weight excluding hydrogens is 318 g/mol. The minimum atomic E-state index is -0.540. The minimum absolute atomic E-state index is 0.480. The number of hydrogen-bond acceptors (Lipinski definition) is 4. The van der Waals surface area contributed by atoms with Gasteiger partial charge in [0.05, 0.1) is 16.2 Å². The van der Waals surface area contributed by atoms with E-state index in [0.717, 1.165) is 16.1 Å². The van der Waals surface area contributed by atoms with Crippen LogP contribution in [0.5, 0.6) is 0 Å². The van der Waals surface area contributed by atoms with Crippen molar-refractivity contribution in [3.05, 3.63) is 69.6 Å². The highest BCUT2D eigenvalue weighted by molar-refractivity contribution is 7.16. The van der Waals surface area contributed by atoms with Crippen molar-refractivity contribution >= 4 is 22.9 Å². The maximum Gasteiger partial charge on any atom is 0.101 e. The first-order valence-electron chi connectivity index (χ1n) is 6.95. The Balaban J connectivity index is 1.53. The summed E-state index contributed by atoms with van der Waals surface area (Å²) >= 11 is 7.27. The van der Waals surface area contributed by atoms with Crippen molar-refractivity contribution in [1.29, 1.82) is 0 Å². The molecule has 114 valence electrons. The van der Waals surface area contributed by atoms with Crippen molar-refractivity contribution in [2.24, 2.45) is 0 Å². The molecule has 0 aliphatic carbocycles. The van der Waals surface area contributed by atoms with Crippen molar-refractivity contribution in [3.8, 4) is 5.69 Å². The molecule has 1 aromatic carbocycles. The maximum absolute atomic E-state index is 10.1. The summed E-state index contributed by atoms with van der Waals surface area (Å²) < 4.78 is 2.53. The highest BCUT2D eigenvalue weighted by Gasteiger charge is 2.10. The number of nitrogens with one attached hydrogen (secondary N) is 1. The number of hydrogen-bond donors (Lipinski definition) is 2. The van der Waals surface area contributed by atoms with Gasteiger partial charge in [-0.2, -0.15) is 5.10 Å². The normalized spacial score (nSPS) is 12.5. The number of halogens is 1. The van der Waals surface area contributed by atoms with E-state index in [1.165, 1.54) is 11.3 Å². The predicted molar refractivity (Wildman–Crippen MR) is 89.6 cm³/mol. The van der Waals surface area contributed by atoms with Crippen LogP contribution in [0.2, 0.25) is 4.34 Å². The van der Waals surface area contributed by atoms with Gasteiger partial charge < -0.3 is 10.4 Å². The lowest BCUT2D eigenvalue weighted by molar-refractivity contribution is 0.178. The van der Waals surface area contributed by atoms with Crippen LogP contribution in [-0.2, 0) is 6.54 Å². The van der Waals surface area contributed by atoms with E-state index in [-0.39, 0.29) is 0 Å². The average Bonchev–Trinajstić information content (AvgIpc) is 3.17. The van der Waals surface area contributed by atoms with Crippen molar-refractivity contribution in [2.75, 3.05) is 6.54 Å². The third kappa shape index (κ3) is 3.75. The molecule has 2 heterocycles. The molecule has 0 spiro atoms. The van der Waals surface area contributed by atoms with Crippen LogP contribution in [0.4, 0.5) is 0 Å². The molecule has 0 radical (unpaired) electrons. The Morgan fingerprint density at radius 3 is 2.77 bits per heavy atom. The number of rotatable bonds is 6. The lowest BCUT2D eigenvalue weighted by atomic mass is 10.3. The summed E-state index contributed by atoms with van der Waals surface area (Å²) in [4.78, 5) is 0.873. The van der Waals surface area contributed by atoms with Crippen molar-refractivity contribution in [3.63, 3.8) is 0 Å². The molecule has 4 nitrogen and oxygen atoms in total. The second-order valence-corrected chi connectivity index (χ2v) is 6.66. The Bertz CT molecular complexity index is 726. The van der Waals surface area contributed by atoms with Crippen molar-refractivity contribution in [2.45, 2.75) is 12.6 Å². The van der Waals surface area contributed by atoms with Gasteiger partial charge >= 0.3 is 0 Å². The van der Waals surface area contributed by atoms with Gasteiger partial charge in [-0.3, -0.25) is 0 Å². The summed E-state index contributed by atoms with van der Waals surface area (Å²) in [6, 6.07) is 13.6. The first kappa shape index (κ1) is 15.2. The van der Waals surface area contributed by atoms with Crippen LogP contribution in [0.3, 0.4) is 0 Å². The lowest BCUT2D eigenvalue weighted by Gasteiger charge is -2.09. The molecule has 6 heteroatoms. The van der Waals surface area contributed by atoms with Gasteiger partial charge in [-0.25, -0.2) is 4.68 Å². The van der Waals surface area contributed by atoms with E-state index in [0.29, 0.717) is 17.4 Å². The maximum atomic E-state index is 10.1. The SMILES string of the molecule is OC(CNCc1cnn(-c2ccccc2)c1)c1ccc(Cl)s1. The summed E-state index contributed by atoms with van der Waals surface area (Å²) in [6.45, 7) is 1.14. The fourth-order valence-corrected chi connectivity index (χ4v) is 3.18. The number of thiophene rings is 1. The topological polar surface area (TPSA) is 50.1 Å². The third-order valence-electron chi connectivity index (χ3n) is 3.25. The second-order valence-electron chi connectivity index (χ2n) is 4.92. The molecule has 3 aromatic rings. The molecule has 0 amide bonds. The van der Waals surface area contributed by atoms with Crippen molar-refractivity contribution in [1.82, 2.24) is 15.1 Å². The van der Waals surface area contributed by atoms with Gasteiger partial charge in [0.1, 0.15) is 6.10 Å². The highest BCUT2D eigenvalue weighted by atomic mass is 35.5. The lowest BCUT2D eigenvalue weighted by Crippen LogP contribution is -2.20. The van der Waals surface area contributed by atoms with E-state index >= 15 is 0 Å². The summed E-state index contributed by atoms with van der Waals surface area (Å²) in [5.74, 6) is 0. The van der Waals surface area contributed by atoms with E-state index < -0.39 is 6.10 Å². The number of aromatic nitrogens is 2. The van der Waals surface area contributed by atoms with Gasteiger partial charge in [-0.1, -0.05) is 29.8 Å². The van der Waals surface area contributed by atoms with E-state index in [4.69, 9.17) is 11.6 Å². The van der Waals surface area contributed by atoms with Gasteiger partial charge in [-0.05, 0) is 24.3 Å². The molecule has 0 bridgehead atoms. The van der Waals surface area contributed by atoms with Gasteiger partial charge in [-0.15, -0.1) is 11.3 Å². The van der Waals surface area contributed by atoms with Gasteiger partial charge in [0.2, 0.25) is 0 Å². The smallest absolute Gasteiger partial charge is 0.101 e. The zero-order valence-corrected chi connectivity index (χ0v) is 13.4. The number of aliphatic hydroxyl groups excluding tert-OH is 1. The largest absolute Gasteiger partial charge is 0.386 e. The zero-order valence-electron chi connectivity index (χ0n) is 11.8. The molecule has 1 unspecified atom stereocenters. The first-order valence-corrected chi connectivity index (χ1v) is 8.15. The molecule has 0 aliphatic rings. The van der Waals surface area contributed by atoms with E-state index in [9.17, 15) is 5.11 Å². The van der Waals surface area contributed by atoms with Crippen LogP contribution < -0.4 is 5.32 Å². The Hall–Kier alpha value is -1.66. The Morgan fingerprint density at radius 2 is 2.05 bits per heavy atom. The molecule has 0 aliphatic heterocycles. The van der Waals surface area contributed by atoms with Gasteiger partial charge in [0.25, 0.3) is 0 Å².